The number of ether oxygens (including phenoxy) is 1. The van der Waals surface area contributed by atoms with Gasteiger partial charge in [0.2, 0.25) is 0 Å². The Kier molecular flexibility index (Phi) is 4.45. The zero-order chi connectivity index (χ0) is 21.7. The molecule has 1 atom stereocenters. The molecule has 5 rings (SSSR count). The highest BCUT2D eigenvalue weighted by Crippen LogP contribution is 2.39. The molecule has 0 aliphatic carbocycles. The van der Waals surface area contributed by atoms with Crippen molar-refractivity contribution in [1.82, 2.24) is 19.1 Å². The van der Waals surface area contributed by atoms with Crippen LogP contribution >= 0.6 is 11.5 Å². The maximum atomic E-state index is 14.2. The van der Waals surface area contributed by atoms with Crippen molar-refractivity contribution >= 4 is 17.4 Å². The van der Waals surface area contributed by atoms with Crippen LogP contribution in [0, 0.1) is 17.1 Å². The van der Waals surface area contributed by atoms with E-state index in [0.29, 0.717) is 34.6 Å². The van der Waals surface area contributed by atoms with Crippen LogP contribution in [0.15, 0.2) is 35.8 Å². The number of nitrogens with zero attached hydrogens (tertiary/aromatic N) is 5. The Hall–Kier alpha value is -3.77. The van der Waals surface area contributed by atoms with Crippen LogP contribution in [0.25, 0.3) is 22.4 Å². The van der Waals surface area contributed by atoms with E-state index < -0.39 is 6.10 Å². The van der Waals surface area contributed by atoms with Crippen LogP contribution in [0.5, 0.6) is 5.75 Å². The third kappa shape index (κ3) is 3.12. The van der Waals surface area contributed by atoms with Crippen LogP contribution in [-0.4, -0.2) is 19.1 Å². The molecular formula is C22H17FN6OS. The van der Waals surface area contributed by atoms with E-state index in [-0.39, 0.29) is 11.6 Å². The molecule has 4 heterocycles. The number of nitrogen functional groups attached to an aromatic ring is 1. The van der Waals surface area contributed by atoms with Gasteiger partial charge in [0, 0.05) is 47.3 Å². The Morgan fingerprint density at radius 2 is 2.19 bits per heavy atom. The van der Waals surface area contributed by atoms with Gasteiger partial charge in [-0.25, -0.2) is 9.37 Å². The van der Waals surface area contributed by atoms with Gasteiger partial charge in [-0.15, -0.1) is 0 Å². The molecule has 154 valence electrons. The van der Waals surface area contributed by atoms with Crippen molar-refractivity contribution in [3.8, 4) is 34.2 Å². The standard InChI is InChI=1S/C22H17FN6OS/c1-11-16-7-14(23)3-4-15(16)21-13(10-31-28-21)5-18-20(17(8-24)27-29(18)2)12-6-19(30-11)22(25)26-9-12/h3-4,6-7,9-11H,5H2,1-2H3,(H2,25,26). The second kappa shape index (κ2) is 7.18. The number of rotatable bonds is 0. The van der Waals surface area contributed by atoms with E-state index in [1.807, 2.05) is 12.3 Å². The number of fused-ring (bicyclic) bond motifs is 7. The Morgan fingerprint density at radius 1 is 1.35 bits per heavy atom. The Bertz CT molecular complexity index is 1370. The Morgan fingerprint density at radius 3 is 3.00 bits per heavy atom. The number of aromatic nitrogens is 4. The lowest BCUT2D eigenvalue weighted by Gasteiger charge is -2.20. The van der Waals surface area contributed by atoms with Crippen LogP contribution < -0.4 is 10.5 Å². The average Bonchev–Trinajstić information content (AvgIpc) is 3.33. The highest BCUT2D eigenvalue weighted by molar-refractivity contribution is 7.04. The summed E-state index contributed by atoms with van der Waals surface area (Å²) in [5.74, 6) is 0.215. The van der Waals surface area contributed by atoms with Gasteiger partial charge in [0.15, 0.2) is 17.3 Å². The lowest BCUT2D eigenvalue weighted by molar-refractivity contribution is 0.227. The zero-order valence-corrected chi connectivity index (χ0v) is 17.6. The summed E-state index contributed by atoms with van der Waals surface area (Å²) in [6, 6.07) is 8.53. The molecule has 0 spiro atoms. The highest BCUT2D eigenvalue weighted by Gasteiger charge is 2.25. The number of pyridine rings is 1. The summed E-state index contributed by atoms with van der Waals surface area (Å²) < 4.78 is 26.6. The largest absolute Gasteiger partial charge is 0.482 e. The van der Waals surface area contributed by atoms with Crippen LogP contribution in [0.2, 0.25) is 0 Å². The number of benzene rings is 1. The van der Waals surface area contributed by atoms with E-state index in [4.69, 9.17) is 10.5 Å². The molecule has 1 unspecified atom stereocenters. The smallest absolute Gasteiger partial charge is 0.170 e. The van der Waals surface area contributed by atoms with Gasteiger partial charge in [0.25, 0.3) is 0 Å². The summed E-state index contributed by atoms with van der Waals surface area (Å²) in [6.45, 7) is 1.83. The summed E-state index contributed by atoms with van der Waals surface area (Å²) in [7, 11) is 1.80. The van der Waals surface area contributed by atoms with E-state index in [0.717, 1.165) is 22.5 Å². The number of nitrogens with two attached hydrogens (primary N) is 1. The fourth-order valence-corrected chi connectivity index (χ4v) is 4.65. The molecule has 0 radical (unpaired) electrons. The minimum Gasteiger partial charge on any atom is -0.482 e. The van der Waals surface area contributed by atoms with Crippen LogP contribution in [0.3, 0.4) is 0 Å². The van der Waals surface area contributed by atoms with Gasteiger partial charge in [-0.3, -0.25) is 4.68 Å². The van der Waals surface area contributed by atoms with E-state index in [2.05, 4.69) is 20.5 Å². The van der Waals surface area contributed by atoms with Crippen molar-refractivity contribution in [2.45, 2.75) is 19.4 Å². The minimum atomic E-state index is -0.511. The number of anilines is 1. The zero-order valence-electron chi connectivity index (χ0n) is 16.8. The first-order chi connectivity index (χ1) is 15.0. The normalized spacial score (nSPS) is 14.8. The third-order valence-corrected chi connectivity index (χ3v) is 6.13. The van der Waals surface area contributed by atoms with Crippen molar-refractivity contribution in [3.05, 3.63) is 64.2 Å². The van der Waals surface area contributed by atoms with Crippen molar-refractivity contribution in [3.63, 3.8) is 0 Å². The van der Waals surface area contributed by atoms with E-state index in [1.165, 1.54) is 23.7 Å². The molecule has 2 bridgehead atoms. The van der Waals surface area contributed by atoms with Gasteiger partial charge in [0.1, 0.15) is 18.0 Å². The molecule has 4 aromatic rings. The monoisotopic (exact) mass is 432 g/mol. The number of aryl methyl sites for hydroxylation is 1. The molecule has 0 saturated heterocycles. The van der Waals surface area contributed by atoms with E-state index in [1.54, 1.807) is 30.1 Å². The molecule has 2 N–H and O–H groups in total. The predicted octanol–water partition coefficient (Wildman–Crippen LogP) is 4.24. The number of hydrogen-bond acceptors (Lipinski definition) is 7. The molecule has 0 amide bonds. The maximum absolute atomic E-state index is 14.2. The maximum Gasteiger partial charge on any atom is 0.170 e. The third-order valence-electron chi connectivity index (χ3n) is 5.45. The fourth-order valence-electron chi connectivity index (χ4n) is 3.95. The lowest BCUT2D eigenvalue weighted by Crippen LogP contribution is -2.09. The number of halogens is 1. The second-order valence-electron chi connectivity index (χ2n) is 7.37. The van der Waals surface area contributed by atoms with Gasteiger partial charge >= 0.3 is 0 Å². The molecule has 3 aromatic heterocycles. The number of nitriles is 1. The van der Waals surface area contributed by atoms with Crippen molar-refractivity contribution in [2.24, 2.45) is 7.05 Å². The topological polar surface area (TPSA) is 103 Å². The average molecular weight is 432 g/mol. The van der Waals surface area contributed by atoms with Gasteiger partial charge in [-0.2, -0.15) is 14.7 Å². The summed E-state index contributed by atoms with van der Waals surface area (Å²) in [4.78, 5) is 4.28. The fraction of sp³-hybridized carbons (Fsp3) is 0.182. The van der Waals surface area contributed by atoms with Crippen molar-refractivity contribution in [2.75, 3.05) is 5.73 Å². The Balaban J connectivity index is 1.83. The van der Waals surface area contributed by atoms with Crippen LogP contribution in [-0.2, 0) is 13.5 Å². The second-order valence-corrected chi connectivity index (χ2v) is 8.00. The molecule has 0 fully saturated rings. The molecule has 31 heavy (non-hydrogen) atoms. The molecule has 9 heteroatoms. The van der Waals surface area contributed by atoms with Crippen molar-refractivity contribution in [1.29, 1.82) is 5.26 Å². The SMILES string of the molecule is CC1Oc2cc(cnc2N)-c2c(C#N)nn(C)c2Cc2csnc2-c2ccc(F)cc21. The molecule has 0 saturated carbocycles. The highest BCUT2D eigenvalue weighted by atomic mass is 32.1. The summed E-state index contributed by atoms with van der Waals surface area (Å²) in [5.41, 5.74) is 11.8. The van der Waals surface area contributed by atoms with E-state index >= 15 is 0 Å². The first-order valence-corrected chi connectivity index (χ1v) is 10.4. The molecule has 1 aromatic carbocycles. The predicted molar refractivity (Wildman–Crippen MR) is 115 cm³/mol. The van der Waals surface area contributed by atoms with Gasteiger partial charge in [-0.1, -0.05) is 0 Å². The van der Waals surface area contributed by atoms with Gasteiger partial charge in [0.05, 0.1) is 11.4 Å². The first kappa shape index (κ1) is 19.2. The number of hydrogen-bond donors (Lipinski definition) is 1. The van der Waals surface area contributed by atoms with Crippen molar-refractivity contribution < 1.29 is 9.13 Å². The molecule has 1 aliphatic rings. The van der Waals surface area contributed by atoms with E-state index in [9.17, 15) is 9.65 Å². The van der Waals surface area contributed by atoms with Crippen LogP contribution in [0.1, 0.15) is 35.5 Å². The summed E-state index contributed by atoms with van der Waals surface area (Å²) in [6.07, 6.45) is 1.60. The lowest BCUT2D eigenvalue weighted by atomic mass is 9.94. The quantitative estimate of drug-likeness (QED) is 0.446. The Labute approximate surface area is 181 Å². The molecule has 1 aliphatic heterocycles. The minimum absolute atomic E-state index is 0.212. The summed E-state index contributed by atoms with van der Waals surface area (Å²) in [5, 5.41) is 16.0. The van der Waals surface area contributed by atoms with Gasteiger partial charge < -0.3 is 10.5 Å². The van der Waals surface area contributed by atoms with Gasteiger partial charge in [-0.05, 0) is 48.3 Å². The summed E-state index contributed by atoms with van der Waals surface area (Å²) >= 11 is 1.33. The first-order valence-electron chi connectivity index (χ1n) is 9.58. The van der Waals surface area contributed by atoms with Crippen LogP contribution in [0.4, 0.5) is 10.2 Å². The molecule has 7 nitrogen and oxygen atoms in total. The molecular weight excluding hydrogens is 415 g/mol.